The van der Waals surface area contributed by atoms with Gasteiger partial charge >= 0.3 is 0 Å². The summed E-state index contributed by atoms with van der Waals surface area (Å²) >= 11 is 1.74. The van der Waals surface area contributed by atoms with Crippen LogP contribution in [0.3, 0.4) is 0 Å². The first-order valence-electron chi connectivity index (χ1n) is 9.32. The molecule has 0 bridgehead atoms. The van der Waals surface area contributed by atoms with Gasteiger partial charge in [-0.25, -0.2) is 4.98 Å². The van der Waals surface area contributed by atoms with E-state index < -0.39 is 10.8 Å². The highest BCUT2D eigenvalue weighted by atomic mass is 32.2. The first kappa shape index (κ1) is 20.4. The molecule has 1 fully saturated rings. The molecule has 2 rings (SSSR count). The van der Waals surface area contributed by atoms with Crippen molar-refractivity contribution in [3.63, 3.8) is 0 Å². The molecular formula is C18H32N4OS2. The molecule has 0 aromatic carbocycles. The Balaban J connectivity index is 1.77. The number of nitrogens with one attached hydrogen (secondary N) is 2. The van der Waals surface area contributed by atoms with Gasteiger partial charge in [0.15, 0.2) is 5.96 Å². The highest BCUT2D eigenvalue weighted by Crippen LogP contribution is 2.23. The highest BCUT2D eigenvalue weighted by molar-refractivity contribution is 7.85. The molecule has 0 spiro atoms. The van der Waals surface area contributed by atoms with Crippen molar-refractivity contribution in [1.29, 1.82) is 0 Å². The van der Waals surface area contributed by atoms with E-state index in [1.165, 1.54) is 5.01 Å². The number of aromatic nitrogens is 1. The lowest BCUT2D eigenvalue weighted by molar-refractivity contribution is 0.413. The zero-order chi connectivity index (χ0) is 18.2. The quantitative estimate of drug-likeness (QED) is 0.560. The molecule has 3 unspecified atom stereocenters. The molecule has 5 nitrogen and oxygen atoms in total. The molecule has 1 aromatic heterocycles. The van der Waals surface area contributed by atoms with Crippen LogP contribution in [0.4, 0.5) is 0 Å². The molecular weight excluding hydrogens is 352 g/mol. The second kappa shape index (κ2) is 10.3. The van der Waals surface area contributed by atoms with Gasteiger partial charge in [0.25, 0.3) is 0 Å². The van der Waals surface area contributed by atoms with Crippen molar-refractivity contribution in [2.75, 3.05) is 19.3 Å². The third-order valence-corrected chi connectivity index (χ3v) is 7.52. The van der Waals surface area contributed by atoms with Gasteiger partial charge in [-0.2, -0.15) is 0 Å². The monoisotopic (exact) mass is 384 g/mol. The average molecular weight is 385 g/mol. The smallest absolute Gasteiger partial charge is 0.191 e. The van der Waals surface area contributed by atoms with E-state index in [0.717, 1.165) is 56.1 Å². The Morgan fingerprint density at radius 2 is 2.28 bits per heavy atom. The van der Waals surface area contributed by atoms with Crippen LogP contribution >= 0.6 is 11.3 Å². The standard InChI is InChI=1S/C18H32N4OS2/c1-5-25(23)16-8-6-7-14(11-16)22-18(19-4)20-10-9-15-12-24-17(21-15)13(2)3/h12-14,16H,5-11H2,1-4H3,(H2,19,20,22). The number of nitrogens with zero attached hydrogens (tertiary/aromatic N) is 2. The fourth-order valence-electron chi connectivity index (χ4n) is 3.15. The minimum absolute atomic E-state index is 0.332. The molecule has 3 atom stereocenters. The summed E-state index contributed by atoms with van der Waals surface area (Å²) in [5.74, 6) is 2.09. The number of rotatable bonds is 7. The van der Waals surface area contributed by atoms with Gasteiger partial charge in [0.2, 0.25) is 0 Å². The van der Waals surface area contributed by atoms with E-state index in [-0.39, 0.29) is 0 Å². The number of hydrogen-bond donors (Lipinski definition) is 2. The Morgan fingerprint density at radius 3 is 2.92 bits per heavy atom. The summed E-state index contributed by atoms with van der Waals surface area (Å²) in [5.41, 5.74) is 1.15. The molecule has 1 aliphatic carbocycles. The van der Waals surface area contributed by atoms with Gasteiger partial charge in [0, 0.05) is 59.2 Å². The predicted molar refractivity (Wildman–Crippen MR) is 109 cm³/mol. The van der Waals surface area contributed by atoms with Gasteiger partial charge in [-0.15, -0.1) is 11.3 Å². The van der Waals surface area contributed by atoms with Crippen molar-refractivity contribution in [3.8, 4) is 0 Å². The second-order valence-corrected chi connectivity index (χ2v) is 9.78. The Morgan fingerprint density at radius 1 is 1.48 bits per heavy atom. The van der Waals surface area contributed by atoms with Crippen LogP contribution in [-0.2, 0) is 17.2 Å². The summed E-state index contributed by atoms with van der Waals surface area (Å²) in [4.78, 5) is 9.01. The summed E-state index contributed by atoms with van der Waals surface area (Å²) in [6.07, 6.45) is 5.23. The number of thiazole rings is 1. The summed E-state index contributed by atoms with van der Waals surface area (Å²) in [6.45, 7) is 7.18. The summed E-state index contributed by atoms with van der Waals surface area (Å²) in [6, 6.07) is 0.368. The van der Waals surface area contributed by atoms with Gasteiger partial charge in [0.05, 0.1) is 10.7 Å². The van der Waals surface area contributed by atoms with E-state index in [0.29, 0.717) is 17.2 Å². The fourth-order valence-corrected chi connectivity index (χ4v) is 5.37. The lowest BCUT2D eigenvalue weighted by Gasteiger charge is -2.30. The maximum absolute atomic E-state index is 12.1. The van der Waals surface area contributed by atoms with Gasteiger partial charge in [0.1, 0.15) is 0 Å². The molecule has 0 aliphatic heterocycles. The van der Waals surface area contributed by atoms with Crippen molar-refractivity contribution in [3.05, 3.63) is 16.1 Å². The van der Waals surface area contributed by atoms with Crippen molar-refractivity contribution < 1.29 is 4.21 Å². The van der Waals surface area contributed by atoms with Crippen LogP contribution in [0.5, 0.6) is 0 Å². The average Bonchev–Trinajstić information content (AvgIpc) is 3.09. The highest BCUT2D eigenvalue weighted by Gasteiger charge is 2.25. The first-order chi connectivity index (χ1) is 12.0. The Labute approximate surface area is 158 Å². The van der Waals surface area contributed by atoms with Crippen molar-refractivity contribution in [2.24, 2.45) is 4.99 Å². The van der Waals surface area contributed by atoms with Crippen molar-refractivity contribution in [1.82, 2.24) is 15.6 Å². The lowest BCUT2D eigenvalue weighted by atomic mass is 9.95. The minimum atomic E-state index is -0.690. The molecule has 7 heteroatoms. The largest absolute Gasteiger partial charge is 0.356 e. The number of hydrogen-bond acceptors (Lipinski definition) is 4. The van der Waals surface area contributed by atoms with Gasteiger partial charge in [-0.05, 0) is 19.3 Å². The Bertz CT molecular complexity index is 585. The molecule has 1 heterocycles. The number of aliphatic imine (C=N–C) groups is 1. The zero-order valence-electron chi connectivity index (χ0n) is 15.9. The molecule has 0 radical (unpaired) electrons. The fraction of sp³-hybridized carbons (Fsp3) is 0.778. The Hall–Kier alpha value is -0.950. The van der Waals surface area contributed by atoms with E-state index in [1.54, 1.807) is 18.4 Å². The lowest BCUT2D eigenvalue weighted by Crippen LogP contribution is -2.47. The van der Waals surface area contributed by atoms with Gasteiger partial charge < -0.3 is 10.6 Å². The minimum Gasteiger partial charge on any atom is -0.356 e. The summed E-state index contributed by atoms with van der Waals surface area (Å²) in [5, 5.41) is 10.6. The van der Waals surface area contributed by atoms with E-state index in [1.807, 2.05) is 6.92 Å². The van der Waals surface area contributed by atoms with Crippen LogP contribution in [0.1, 0.15) is 63.1 Å². The topological polar surface area (TPSA) is 66.4 Å². The van der Waals surface area contributed by atoms with E-state index in [2.05, 4.69) is 39.8 Å². The molecule has 0 amide bonds. The van der Waals surface area contributed by atoms with Crippen molar-refractivity contribution >= 4 is 28.1 Å². The van der Waals surface area contributed by atoms with E-state index in [9.17, 15) is 4.21 Å². The van der Waals surface area contributed by atoms with Crippen LogP contribution < -0.4 is 10.6 Å². The first-order valence-corrected chi connectivity index (χ1v) is 11.6. The molecule has 25 heavy (non-hydrogen) atoms. The molecule has 0 saturated heterocycles. The third kappa shape index (κ3) is 6.37. The van der Waals surface area contributed by atoms with Crippen LogP contribution in [0, 0.1) is 0 Å². The molecule has 1 aromatic rings. The van der Waals surface area contributed by atoms with Gasteiger partial charge in [-0.1, -0.05) is 27.2 Å². The predicted octanol–water partition coefficient (Wildman–Crippen LogP) is 3.05. The van der Waals surface area contributed by atoms with Crippen molar-refractivity contribution in [2.45, 2.75) is 70.1 Å². The van der Waals surface area contributed by atoms with E-state index in [4.69, 9.17) is 0 Å². The molecule has 1 saturated carbocycles. The van der Waals surface area contributed by atoms with E-state index >= 15 is 0 Å². The van der Waals surface area contributed by atoms with Crippen LogP contribution in [0.15, 0.2) is 10.4 Å². The zero-order valence-corrected chi connectivity index (χ0v) is 17.5. The van der Waals surface area contributed by atoms with Crippen LogP contribution in [-0.4, -0.2) is 45.8 Å². The maximum atomic E-state index is 12.1. The number of guanidine groups is 1. The SMILES string of the molecule is CCS(=O)C1CCCC(NC(=NC)NCCc2csc(C(C)C)n2)C1. The third-order valence-electron chi connectivity index (χ3n) is 4.58. The normalized spacial score (nSPS) is 22.8. The summed E-state index contributed by atoms with van der Waals surface area (Å²) < 4.78 is 12.1. The molecule has 142 valence electrons. The van der Waals surface area contributed by atoms with Crippen LogP contribution in [0.25, 0.3) is 0 Å². The molecule has 1 aliphatic rings. The second-order valence-electron chi connectivity index (χ2n) is 6.88. The Kier molecular flexibility index (Phi) is 8.36. The van der Waals surface area contributed by atoms with Gasteiger partial charge in [-0.3, -0.25) is 9.20 Å². The summed E-state index contributed by atoms with van der Waals surface area (Å²) in [7, 11) is 1.11. The molecule has 2 N–H and O–H groups in total. The van der Waals surface area contributed by atoms with Crippen LogP contribution in [0.2, 0.25) is 0 Å². The maximum Gasteiger partial charge on any atom is 0.191 e.